The van der Waals surface area contributed by atoms with Crippen molar-refractivity contribution in [1.29, 1.82) is 0 Å². The van der Waals surface area contributed by atoms with Gasteiger partial charge in [0.15, 0.2) is 0 Å². The Hall–Kier alpha value is -2.22. The number of likely N-dealkylation sites (N-methyl/N-ethyl adjacent to an activating group) is 1. The van der Waals surface area contributed by atoms with Crippen LogP contribution in [0.1, 0.15) is 46.6 Å². The summed E-state index contributed by atoms with van der Waals surface area (Å²) in [6.45, 7) is 10.5. The zero-order valence-corrected chi connectivity index (χ0v) is 20.1. The molecule has 1 saturated heterocycles. The highest BCUT2D eigenvalue weighted by Gasteiger charge is 2.44. The van der Waals surface area contributed by atoms with Gasteiger partial charge in [0.05, 0.1) is 12.0 Å². The summed E-state index contributed by atoms with van der Waals surface area (Å²) >= 11 is 1.62. The van der Waals surface area contributed by atoms with Gasteiger partial charge < -0.3 is 15.1 Å². The lowest BCUT2D eigenvalue weighted by Crippen LogP contribution is -2.50. The summed E-state index contributed by atoms with van der Waals surface area (Å²) in [6.07, 6.45) is 0. The van der Waals surface area contributed by atoms with Crippen LogP contribution in [0.2, 0.25) is 0 Å². The molecule has 1 N–H and O–H groups in total. The molecule has 2 aliphatic heterocycles. The van der Waals surface area contributed by atoms with E-state index in [0.717, 1.165) is 43.2 Å². The summed E-state index contributed by atoms with van der Waals surface area (Å²) in [6, 6.07) is 11.4. The lowest BCUT2D eigenvalue weighted by Gasteiger charge is -2.42. The molecule has 2 atom stereocenters. The fraction of sp³-hybridized carbons (Fsp3) is 0.520. The van der Waals surface area contributed by atoms with Crippen molar-refractivity contribution in [2.24, 2.45) is 5.92 Å². The van der Waals surface area contributed by atoms with Gasteiger partial charge in [-0.1, -0.05) is 38.1 Å². The monoisotopic (exact) mass is 454 g/mol. The number of carbonyl (C=O) groups is 2. The molecule has 172 valence electrons. The number of nitrogens with one attached hydrogen (secondary N) is 1. The molecule has 0 radical (unpaired) electrons. The summed E-state index contributed by atoms with van der Waals surface area (Å²) in [5.74, 6) is -0.0678. The molecular formula is C25H34N4O2S. The summed E-state index contributed by atoms with van der Waals surface area (Å²) in [7, 11) is 2.15. The third-order valence-corrected chi connectivity index (χ3v) is 7.38. The molecule has 0 bridgehead atoms. The number of benzene rings is 1. The number of rotatable bonds is 7. The van der Waals surface area contributed by atoms with Crippen molar-refractivity contribution in [3.63, 3.8) is 0 Å². The summed E-state index contributed by atoms with van der Waals surface area (Å²) in [5, 5.41) is 5.23. The van der Waals surface area contributed by atoms with E-state index in [2.05, 4.69) is 36.0 Å². The maximum Gasteiger partial charge on any atom is 0.254 e. The van der Waals surface area contributed by atoms with Crippen LogP contribution in [-0.2, 0) is 4.79 Å². The number of fused-ring (bicyclic) bond motifs is 1. The van der Waals surface area contributed by atoms with Gasteiger partial charge in [0.2, 0.25) is 5.91 Å². The smallest absolute Gasteiger partial charge is 0.254 e. The van der Waals surface area contributed by atoms with Crippen molar-refractivity contribution >= 4 is 23.2 Å². The van der Waals surface area contributed by atoms with Crippen molar-refractivity contribution in [3.8, 4) is 0 Å². The van der Waals surface area contributed by atoms with E-state index in [1.807, 2.05) is 46.7 Å². The molecule has 2 amide bonds. The van der Waals surface area contributed by atoms with E-state index in [1.54, 1.807) is 11.3 Å². The fourth-order valence-corrected chi connectivity index (χ4v) is 5.64. The molecule has 7 heteroatoms. The van der Waals surface area contributed by atoms with Gasteiger partial charge in [0, 0.05) is 56.3 Å². The van der Waals surface area contributed by atoms with Crippen LogP contribution in [0, 0.1) is 5.92 Å². The van der Waals surface area contributed by atoms with Gasteiger partial charge in [-0.15, -0.1) is 11.3 Å². The van der Waals surface area contributed by atoms with Crippen LogP contribution in [0.4, 0.5) is 0 Å². The number of thiophene rings is 1. The quantitative estimate of drug-likeness (QED) is 0.699. The predicted octanol–water partition coefficient (Wildman–Crippen LogP) is 3.05. The number of hydrogen-bond donors (Lipinski definition) is 1. The maximum atomic E-state index is 13.6. The van der Waals surface area contributed by atoms with Crippen LogP contribution in [-0.4, -0.2) is 79.4 Å². The second kappa shape index (κ2) is 10.1. The lowest BCUT2D eigenvalue weighted by molar-refractivity contribution is -0.124. The van der Waals surface area contributed by atoms with Gasteiger partial charge in [-0.05, 0) is 36.0 Å². The molecule has 2 unspecified atom stereocenters. The molecule has 1 aromatic carbocycles. The van der Waals surface area contributed by atoms with Gasteiger partial charge in [0.1, 0.15) is 0 Å². The minimum atomic E-state index is -0.409. The standard InChI is InChI=1S/C25H34N4O2S/c1-18(2)17-29-23(21-9-6-16-32-21)22(19-7-4-5-8-20(19)25(29)31)24(30)26-10-11-28-14-12-27(3)13-15-28/h4-9,16,18,22-23H,10-15,17H2,1-3H3,(H,26,30). The Kier molecular flexibility index (Phi) is 7.28. The van der Waals surface area contributed by atoms with Crippen LogP contribution < -0.4 is 5.32 Å². The first-order valence-corrected chi connectivity index (χ1v) is 12.5. The molecule has 1 aromatic heterocycles. The first kappa shape index (κ1) is 23.0. The van der Waals surface area contributed by atoms with E-state index in [9.17, 15) is 9.59 Å². The highest BCUT2D eigenvalue weighted by atomic mass is 32.1. The van der Waals surface area contributed by atoms with Crippen LogP contribution in [0.15, 0.2) is 41.8 Å². The van der Waals surface area contributed by atoms with Gasteiger partial charge in [0.25, 0.3) is 5.91 Å². The molecular weight excluding hydrogens is 420 g/mol. The van der Waals surface area contributed by atoms with Crippen LogP contribution in [0.5, 0.6) is 0 Å². The Morgan fingerprint density at radius 1 is 1.12 bits per heavy atom. The molecule has 0 saturated carbocycles. The second-order valence-electron chi connectivity index (χ2n) is 9.31. The number of piperazine rings is 1. The molecule has 2 aromatic rings. The summed E-state index contributed by atoms with van der Waals surface area (Å²) < 4.78 is 0. The average Bonchev–Trinajstić information content (AvgIpc) is 3.31. The minimum Gasteiger partial charge on any atom is -0.354 e. The minimum absolute atomic E-state index is 0.00577. The third-order valence-electron chi connectivity index (χ3n) is 6.44. The first-order chi connectivity index (χ1) is 15.5. The van der Waals surface area contributed by atoms with Gasteiger partial charge in [-0.25, -0.2) is 0 Å². The molecule has 3 heterocycles. The molecule has 4 rings (SSSR count). The SMILES string of the molecule is CC(C)CN1C(=O)c2ccccc2C(C(=O)NCCN2CCN(C)CC2)C1c1cccs1. The number of carbonyl (C=O) groups excluding carboxylic acids is 2. The molecule has 0 spiro atoms. The zero-order valence-electron chi connectivity index (χ0n) is 19.3. The molecule has 6 nitrogen and oxygen atoms in total. The Labute approximate surface area is 195 Å². The van der Waals surface area contributed by atoms with Gasteiger partial charge in [-0.2, -0.15) is 0 Å². The van der Waals surface area contributed by atoms with Crippen LogP contribution >= 0.6 is 11.3 Å². The topological polar surface area (TPSA) is 55.9 Å². The van der Waals surface area contributed by atoms with Gasteiger partial charge in [-0.3, -0.25) is 14.5 Å². The van der Waals surface area contributed by atoms with E-state index in [-0.39, 0.29) is 17.9 Å². The van der Waals surface area contributed by atoms with Crippen LogP contribution in [0.25, 0.3) is 0 Å². The van der Waals surface area contributed by atoms with Crippen molar-refractivity contribution < 1.29 is 9.59 Å². The van der Waals surface area contributed by atoms with E-state index in [0.29, 0.717) is 24.6 Å². The van der Waals surface area contributed by atoms with Crippen molar-refractivity contribution in [2.75, 3.05) is 52.9 Å². The normalized spacial score (nSPS) is 22.2. The first-order valence-electron chi connectivity index (χ1n) is 11.6. The lowest BCUT2D eigenvalue weighted by atomic mass is 9.81. The van der Waals surface area contributed by atoms with Crippen molar-refractivity contribution in [1.82, 2.24) is 20.0 Å². The van der Waals surface area contributed by atoms with E-state index < -0.39 is 5.92 Å². The maximum absolute atomic E-state index is 13.6. The third kappa shape index (κ3) is 4.90. The van der Waals surface area contributed by atoms with Crippen LogP contribution in [0.3, 0.4) is 0 Å². The molecule has 2 aliphatic rings. The Balaban J connectivity index is 1.58. The Morgan fingerprint density at radius 3 is 2.56 bits per heavy atom. The van der Waals surface area contributed by atoms with Crippen molar-refractivity contribution in [3.05, 3.63) is 57.8 Å². The number of hydrogen-bond acceptors (Lipinski definition) is 5. The predicted molar refractivity (Wildman–Crippen MR) is 129 cm³/mol. The van der Waals surface area contributed by atoms with Gasteiger partial charge >= 0.3 is 0 Å². The molecule has 1 fully saturated rings. The Morgan fingerprint density at radius 2 is 1.88 bits per heavy atom. The fourth-order valence-electron chi connectivity index (χ4n) is 4.76. The van der Waals surface area contributed by atoms with E-state index in [1.165, 1.54) is 0 Å². The van der Waals surface area contributed by atoms with E-state index in [4.69, 9.17) is 0 Å². The van der Waals surface area contributed by atoms with Crippen molar-refractivity contribution in [2.45, 2.75) is 25.8 Å². The number of nitrogens with zero attached hydrogens (tertiary/aromatic N) is 3. The molecule has 32 heavy (non-hydrogen) atoms. The molecule has 0 aliphatic carbocycles. The zero-order chi connectivity index (χ0) is 22.7. The summed E-state index contributed by atoms with van der Waals surface area (Å²) in [4.78, 5) is 34.8. The largest absolute Gasteiger partial charge is 0.354 e. The highest BCUT2D eigenvalue weighted by Crippen LogP contribution is 2.44. The number of amides is 2. The summed E-state index contributed by atoms with van der Waals surface area (Å²) in [5.41, 5.74) is 1.49. The average molecular weight is 455 g/mol. The second-order valence-corrected chi connectivity index (χ2v) is 10.3. The Bertz CT molecular complexity index is 922. The van der Waals surface area contributed by atoms with E-state index >= 15 is 0 Å². The highest BCUT2D eigenvalue weighted by molar-refractivity contribution is 7.10.